The lowest BCUT2D eigenvalue weighted by Gasteiger charge is -2.19. The van der Waals surface area contributed by atoms with Gasteiger partial charge >= 0.3 is 6.09 Å². The maximum atomic E-state index is 12.8. The second-order valence-electron chi connectivity index (χ2n) is 5.41. The second kappa shape index (κ2) is 6.96. The van der Waals surface area contributed by atoms with Crippen LogP contribution in [0.3, 0.4) is 0 Å². The predicted octanol–water partition coefficient (Wildman–Crippen LogP) is 3.04. The molecule has 0 fully saturated rings. The van der Waals surface area contributed by atoms with E-state index in [0.717, 1.165) is 5.56 Å². The molecule has 1 amide bonds. The Labute approximate surface area is 147 Å². The topological polar surface area (TPSA) is 91.6 Å². The van der Waals surface area contributed by atoms with Crippen molar-refractivity contribution in [1.82, 2.24) is 9.88 Å². The van der Waals surface area contributed by atoms with Crippen molar-refractivity contribution in [1.29, 1.82) is 0 Å². The first-order valence-corrected chi connectivity index (χ1v) is 7.88. The molecule has 25 heavy (non-hydrogen) atoms. The van der Waals surface area contributed by atoms with Crippen LogP contribution in [0.2, 0.25) is 5.02 Å². The van der Waals surface area contributed by atoms with E-state index in [9.17, 15) is 14.7 Å². The molecule has 0 aliphatic heterocycles. The van der Waals surface area contributed by atoms with E-state index < -0.39 is 18.3 Å². The fourth-order valence-corrected chi connectivity index (χ4v) is 3.05. The van der Waals surface area contributed by atoms with Crippen LogP contribution in [0.5, 0.6) is 0 Å². The van der Waals surface area contributed by atoms with Crippen molar-refractivity contribution in [2.45, 2.75) is 13.3 Å². The van der Waals surface area contributed by atoms with Gasteiger partial charge < -0.3 is 15.5 Å². The van der Waals surface area contributed by atoms with Crippen LogP contribution in [-0.2, 0) is 13.3 Å². The summed E-state index contributed by atoms with van der Waals surface area (Å²) in [6, 6.07) is 14.1. The van der Waals surface area contributed by atoms with Gasteiger partial charge in [-0.15, -0.1) is 0 Å². The molecule has 1 heterocycles. The van der Waals surface area contributed by atoms with Crippen molar-refractivity contribution in [2.24, 2.45) is 0 Å². The standard InChI is InChI=1S/C18H15ClN2O4/c19-12-6-7-13-14(8-12)16(11-4-2-1-3-5-11)15(9-22)21(17(13)23)10-20-18(24)25/h1-8,20,22H,9-10H2,(H,24,25). The monoisotopic (exact) mass is 358 g/mol. The third-order valence-corrected chi connectivity index (χ3v) is 4.18. The molecule has 128 valence electrons. The second-order valence-corrected chi connectivity index (χ2v) is 5.85. The summed E-state index contributed by atoms with van der Waals surface area (Å²) < 4.78 is 1.23. The van der Waals surface area contributed by atoms with Gasteiger partial charge in [-0.2, -0.15) is 0 Å². The number of nitrogens with one attached hydrogen (secondary N) is 1. The SMILES string of the molecule is O=C(O)NCn1c(CO)c(-c2ccccc2)c2cc(Cl)ccc2c1=O. The minimum absolute atomic E-state index is 0.261. The van der Waals surface area contributed by atoms with Gasteiger partial charge in [0, 0.05) is 16.0 Å². The van der Waals surface area contributed by atoms with Crippen LogP contribution in [-0.4, -0.2) is 20.9 Å². The number of aliphatic hydroxyl groups is 1. The highest BCUT2D eigenvalue weighted by molar-refractivity contribution is 6.31. The van der Waals surface area contributed by atoms with Gasteiger partial charge in [-0.1, -0.05) is 41.9 Å². The molecule has 0 atom stereocenters. The van der Waals surface area contributed by atoms with E-state index in [1.807, 2.05) is 30.3 Å². The molecule has 1 aromatic heterocycles. The number of hydrogen-bond acceptors (Lipinski definition) is 3. The fraction of sp³-hybridized carbons (Fsp3) is 0.111. The van der Waals surface area contributed by atoms with E-state index in [2.05, 4.69) is 5.32 Å². The summed E-state index contributed by atoms with van der Waals surface area (Å²) in [5.74, 6) is 0. The Balaban J connectivity index is 2.41. The van der Waals surface area contributed by atoms with Crippen molar-refractivity contribution in [3.63, 3.8) is 0 Å². The van der Waals surface area contributed by atoms with Gasteiger partial charge in [-0.3, -0.25) is 9.36 Å². The molecule has 0 aliphatic rings. The molecular formula is C18H15ClN2O4. The number of fused-ring (bicyclic) bond motifs is 1. The van der Waals surface area contributed by atoms with E-state index >= 15 is 0 Å². The molecule has 0 saturated carbocycles. The first-order chi connectivity index (χ1) is 12.0. The van der Waals surface area contributed by atoms with E-state index in [4.69, 9.17) is 16.7 Å². The van der Waals surface area contributed by atoms with Crippen LogP contribution in [0.1, 0.15) is 5.69 Å². The van der Waals surface area contributed by atoms with Crippen LogP contribution in [0.15, 0.2) is 53.3 Å². The third kappa shape index (κ3) is 3.22. The maximum absolute atomic E-state index is 12.8. The number of halogens is 1. The summed E-state index contributed by atoms with van der Waals surface area (Å²) in [6.45, 7) is -0.689. The molecule has 0 radical (unpaired) electrons. The lowest BCUT2D eigenvalue weighted by Crippen LogP contribution is -2.33. The zero-order valence-electron chi connectivity index (χ0n) is 13.1. The van der Waals surface area contributed by atoms with Crippen molar-refractivity contribution in [2.75, 3.05) is 0 Å². The fourth-order valence-electron chi connectivity index (χ4n) is 2.87. The highest BCUT2D eigenvalue weighted by atomic mass is 35.5. The summed E-state index contributed by atoms with van der Waals surface area (Å²) in [6.07, 6.45) is -1.26. The van der Waals surface area contributed by atoms with E-state index in [-0.39, 0.29) is 6.67 Å². The number of rotatable bonds is 4. The van der Waals surface area contributed by atoms with Crippen molar-refractivity contribution >= 4 is 28.5 Å². The van der Waals surface area contributed by atoms with Gasteiger partial charge in [-0.05, 0) is 29.1 Å². The number of aromatic nitrogens is 1. The number of pyridine rings is 1. The molecule has 0 aliphatic carbocycles. The summed E-state index contributed by atoms with van der Waals surface area (Å²) in [5.41, 5.74) is 1.36. The average Bonchev–Trinajstić information content (AvgIpc) is 2.60. The normalized spacial score (nSPS) is 10.8. The molecule has 2 aromatic carbocycles. The lowest BCUT2D eigenvalue weighted by molar-refractivity contribution is 0.190. The molecule has 6 nitrogen and oxygen atoms in total. The van der Waals surface area contributed by atoms with Crippen LogP contribution in [0.4, 0.5) is 4.79 Å². The van der Waals surface area contributed by atoms with E-state index in [1.54, 1.807) is 18.2 Å². The molecule has 7 heteroatoms. The largest absolute Gasteiger partial charge is 0.465 e. The van der Waals surface area contributed by atoms with Crippen LogP contribution in [0, 0.1) is 0 Å². The summed E-state index contributed by atoms with van der Waals surface area (Å²) in [4.78, 5) is 23.6. The molecule has 0 spiro atoms. The highest BCUT2D eigenvalue weighted by Gasteiger charge is 2.18. The highest BCUT2D eigenvalue weighted by Crippen LogP contribution is 2.32. The third-order valence-electron chi connectivity index (χ3n) is 3.94. The molecular weight excluding hydrogens is 344 g/mol. The van der Waals surface area contributed by atoms with E-state index in [0.29, 0.717) is 27.1 Å². The lowest BCUT2D eigenvalue weighted by atomic mass is 9.97. The van der Waals surface area contributed by atoms with Crippen molar-refractivity contribution in [3.05, 3.63) is 69.6 Å². The Bertz CT molecular complexity index is 999. The number of carbonyl (C=O) groups is 1. The zero-order chi connectivity index (χ0) is 18.0. The minimum Gasteiger partial charge on any atom is -0.465 e. The van der Waals surface area contributed by atoms with Gasteiger partial charge in [-0.25, -0.2) is 4.79 Å². The number of benzene rings is 2. The van der Waals surface area contributed by atoms with Crippen LogP contribution >= 0.6 is 11.6 Å². The van der Waals surface area contributed by atoms with Crippen molar-refractivity contribution in [3.8, 4) is 11.1 Å². The van der Waals surface area contributed by atoms with Crippen LogP contribution < -0.4 is 10.9 Å². The molecule has 3 aromatic rings. The number of carboxylic acid groups (broad SMARTS) is 1. The first-order valence-electron chi connectivity index (χ1n) is 7.51. The smallest absolute Gasteiger partial charge is 0.406 e. The summed E-state index contributed by atoms with van der Waals surface area (Å²) >= 11 is 6.11. The van der Waals surface area contributed by atoms with Gasteiger partial charge in [0.05, 0.1) is 12.3 Å². The number of hydrogen-bond donors (Lipinski definition) is 3. The Hall–Kier alpha value is -2.83. The average molecular weight is 359 g/mol. The quantitative estimate of drug-likeness (QED) is 0.668. The zero-order valence-corrected chi connectivity index (χ0v) is 13.8. The molecule has 0 saturated heterocycles. The Morgan fingerprint density at radius 2 is 1.84 bits per heavy atom. The van der Waals surface area contributed by atoms with Gasteiger partial charge in [0.15, 0.2) is 0 Å². The molecule has 3 rings (SSSR count). The Kier molecular flexibility index (Phi) is 4.74. The maximum Gasteiger partial charge on any atom is 0.406 e. The summed E-state index contributed by atoms with van der Waals surface area (Å²) in [5, 5.41) is 22.4. The number of aliphatic hydroxyl groups excluding tert-OH is 1. The van der Waals surface area contributed by atoms with Crippen LogP contribution in [0.25, 0.3) is 21.9 Å². The molecule has 3 N–H and O–H groups in total. The number of amides is 1. The van der Waals surface area contributed by atoms with Gasteiger partial charge in [0.2, 0.25) is 0 Å². The first kappa shape index (κ1) is 17.0. The van der Waals surface area contributed by atoms with Gasteiger partial charge in [0.1, 0.15) is 6.67 Å². The van der Waals surface area contributed by atoms with Gasteiger partial charge in [0.25, 0.3) is 5.56 Å². The predicted molar refractivity (Wildman–Crippen MR) is 95.7 cm³/mol. The summed E-state index contributed by atoms with van der Waals surface area (Å²) in [7, 11) is 0. The Morgan fingerprint density at radius 3 is 2.48 bits per heavy atom. The minimum atomic E-state index is -1.26. The van der Waals surface area contributed by atoms with E-state index in [1.165, 1.54) is 4.57 Å². The Morgan fingerprint density at radius 1 is 1.12 bits per heavy atom. The molecule has 0 unspecified atom stereocenters. The molecule has 0 bridgehead atoms. The van der Waals surface area contributed by atoms with Crippen molar-refractivity contribution < 1.29 is 15.0 Å². The number of nitrogens with zero attached hydrogens (tertiary/aromatic N) is 1.